The quantitative estimate of drug-likeness (QED) is 0.910. The minimum atomic E-state index is 0.0647. The highest BCUT2D eigenvalue weighted by Crippen LogP contribution is 2.39. The van der Waals surface area contributed by atoms with Crippen LogP contribution in [0.4, 0.5) is 0 Å². The Bertz CT molecular complexity index is 451. The Balaban J connectivity index is 3.54. The van der Waals surface area contributed by atoms with Gasteiger partial charge in [-0.2, -0.15) is 0 Å². The highest BCUT2D eigenvalue weighted by molar-refractivity contribution is 5.48. The van der Waals surface area contributed by atoms with E-state index in [1.54, 1.807) is 0 Å². The molecule has 2 atom stereocenters. The van der Waals surface area contributed by atoms with E-state index in [2.05, 4.69) is 56.6 Å². The minimum Gasteiger partial charge on any atom is -0.507 e. The Morgan fingerprint density at radius 3 is 1.43 bits per heavy atom. The second-order valence-corrected chi connectivity index (χ2v) is 7.53. The molecule has 0 aliphatic heterocycles. The number of aromatic hydroxyl groups is 1. The molecule has 2 unspecified atom stereocenters. The van der Waals surface area contributed by atoms with Gasteiger partial charge in [0, 0.05) is 23.2 Å². The second kappa shape index (κ2) is 6.37. The lowest BCUT2D eigenvalue weighted by Gasteiger charge is -2.30. The van der Waals surface area contributed by atoms with Crippen LogP contribution < -0.4 is 0 Å². The molecule has 0 saturated carbocycles. The zero-order valence-electron chi connectivity index (χ0n) is 15.2. The molecule has 21 heavy (non-hydrogen) atoms. The fourth-order valence-corrected chi connectivity index (χ4v) is 2.31. The van der Waals surface area contributed by atoms with Crippen LogP contribution >= 0.6 is 0 Å². The number of hydrogen-bond acceptors (Lipinski definition) is 3. The van der Waals surface area contributed by atoms with Crippen molar-refractivity contribution in [3.8, 4) is 5.75 Å². The number of hydrogen-bond donors (Lipinski definition) is 1. The van der Waals surface area contributed by atoms with Crippen molar-refractivity contribution in [2.75, 3.05) is 28.2 Å². The van der Waals surface area contributed by atoms with Gasteiger partial charge in [-0.1, -0.05) is 20.8 Å². The maximum Gasteiger partial charge on any atom is 0.125 e. The van der Waals surface area contributed by atoms with Crippen LogP contribution in [0, 0.1) is 0 Å². The van der Waals surface area contributed by atoms with E-state index in [4.69, 9.17) is 0 Å². The van der Waals surface area contributed by atoms with E-state index in [-0.39, 0.29) is 17.5 Å². The fraction of sp³-hybridized carbons (Fsp3) is 0.667. The average Bonchev–Trinajstić information content (AvgIpc) is 2.35. The molecule has 0 spiro atoms. The molecule has 0 amide bonds. The third kappa shape index (κ3) is 3.98. The molecule has 3 nitrogen and oxygen atoms in total. The van der Waals surface area contributed by atoms with Crippen LogP contribution in [-0.2, 0) is 5.41 Å². The first kappa shape index (κ1) is 18.0. The molecular weight excluding hydrogens is 260 g/mol. The van der Waals surface area contributed by atoms with E-state index in [1.165, 1.54) is 5.56 Å². The van der Waals surface area contributed by atoms with Gasteiger partial charge in [-0.15, -0.1) is 0 Å². The van der Waals surface area contributed by atoms with Gasteiger partial charge >= 0.3 is 0 Å². The van der Waals surface area contributed by atoms with Crippen molar-refractivity contribution in [3.05, 3.63) is 28.8 Å². The standard InChI is InChI=1S/C18H32N2O/c1-12(19(6)7)15-10-14(18(3,4)5)11-16(17(15)21)13(2)20(8)9/h10-13,21H,1-9H3. The molecule has 0 heterocycles. The summed E-state index contributed by atoms with van der Waals surface area (Å²) in [4.78, 5) is 4.26. The predicted octanol–water partition coefficient (Wildman–Crippen LogP) is 3.93. The first-order valence-electron chi connectivity index (χ1n) is 7.67. The summed E-state index contributed by atoms with van der Waals surface area (Å²) < 4.78 is 0. The lowest BCUT2D eigenvalue weighted by molar-refractivity contribution is 0.295. The maximum absolute atomic E-state index is 10.8. The number of benzene rings is 1. The van der Waals surface area contributed by atoms with Gasteiger partial charge in [0.1, 0.15) is 5.75 Å². The first-order valence-corrected chi connectivity index (χ1v) is 7.67. The van der Waals surface area contributed by atoms with Gasteiger partial charge in [0.2, 0.25) is 0 Å². The molecule has 0 saturated heterocycles. The van der Waals surface area contributed by atoms with Crippen molar-refractivity contribution in [1.29, 1.82) is 0 Å². The third-order valence-electron chi connectivity index (χ3n) is 4.48. The van der Waals surface area contributed by atoms with Crippen molar-refractivity contribution in [1.82, 2.24) is 9.80 Å². The molecule has 1 rings (SSSR count). The molecule has 0 aromatic heterocycles. The highest BCUT2D eigenvalue weighted by atomic mass is 16.3. The normalized spacial score (nSPS) is 15.6. The Morgan fingerprint density at radius 1 is 0.857 bits per heavy atom. The summed E-state index contributed by atoms with van der Waals surface area (Å²) in [6.45, 7) is 10.9. The van der Waals surface area contributed by atoms with Gasteiger partial charge in [-0.25, -0.2) is 0 Å². The molecule has 1 aromatic carbocycles. The monoisotopic (exact) mass is 292 g/mol. The summed E-state index contributed by atoms with van der Waals surface area (Å²) in [6, 6.07) is 4.68. The maximum atomic E-state index is 10.8. The molecule has 0 bridgehead atoms. The van der Waals surface area contributed by atoms with Gasteiger partial charge in [0.05, 0.1) is 0 Å². The lowest BCUT2D eigenvalue weighted by Crippen LogP contribution is -2.22. The van der Waals surface area contributed by atoms with Crippen LogP contribution in [0.1, 0.15) is 63.4 Å². The number of nitrogens with zero attached hydrogens (tertiary/aromatic N) is 2. The van der Waals surface area contributed by atoms with Gasteiger partial charge in [-0.05, 0) is 65.1 Å². The van der Waals surface area contributed by atoms with Crippen LogP contribution in [-0.4, -0.2) is 43.1 Å². The summed E-state index contributed by atoms with van der Waals surface area (Å²) in [5.41, 5.74) is 3.36. The number of rotatable bonds is 4. The van der Waals surface area contributed by atoms with Gasteiger partial charge in [-0.3, -0.25) is 0 Å². The number of phenolic OH excluding ortho intramolecular Hbond substituents is 1. The van der Waals surface area contributed by atoms with Crippen molar-refractivity contribution >= 4 is 0 Å². The van der Waals surface area contributed by atoms with Crippen molar-refractivity contribution < 1.29 is 5.11 Å². The SMILES string of the molecule is CC(c1cc(C(C)(C)C)cc(C(C)N(C)C)c1O)N(C)C. The Hall–Kier alpha value is -1.06. The predicted molar refractivity (Wildman–Crippen MR) is 91.0 cm³/mol. The minimum absolute atomic E-state index is 0.0647. The van der Waals surface area contributed by atoms with Crippen molar-refractivity contribution in [3.63, 3.8) is 0 Å². The van der Waals surface area contributed by atoms with Gasteiger partial charge < -0.3 is 14.9 Å². The molecule has 3 heteroatoms. The molecule has 0 fully saturated rings. The molecule has 1 aromatic rings. The Labute approximate surface area is 130 Å². The highest BCUT2D eigenvalue weighted by Gasteiger charge is 2.24. The first-order chi connectivity index (χ1) is 9.46. The second-order valence-electron chi connectivity index (χ2n) is 7.53. The molecule has 0 radical (unpaired) electrons. The van der Waals surface area contributed by atoms with Crippen LogP contribution in [0.15, 0.2) is 12.1 Å². The molecule has 1 N–H and O–H groups in total. The molecular formula is C18H32N2O. The molecule has 120 valence electrons. The van der Waals surface area contributed by atoms with Crippen LogP contribution in [0.25, 0.3) is 0 Å². The van der Waals surface area contributed by atoms with E-state index in [0.29, 0.717) is 5.75 Å². The fourth-order valence-electron chi connectivity index (χ4n) is 2.31. The van der Waals surface area contributed by atoms with Crippen LogP contribution in [0.5, 0.6) is 5.75 Å². The zero-order valence-corrected chi connectivity index (χ0v) is 15.2. The van der Waals surface area contributed by atoms with E-state index in [0.717, 1.165) is 11.1 Å². The largest absolute Gasteiger partial charge is 0.507 e. The summed E-state index contributed by atoms with van der Waals surface area (Å²) >= 11 is 0. The molecule has 0 aliphatic carbocycles. The topological polar surface area (TPSA) is 26.7 Å². The van der Waals surface area contributed by atoms with E-state index < -0.39 is 0 Å². The summed E-state index contributed by atoms with van der Waals surface area (Å²) in [5, 5.41) is 10.8. The summed E-state index contributed by atoms with van der Waals surface area (Å²) in [7, 11) is 8.18. The van der Waals surface area contributed by atoms with E-state index >= 15 is 0 Å². The average molecular weight is 292 g/mol. The zero-order chi connectivity index (χ0) is 16.5. The van der Waals surface area contributed by atoms with Crippen LogP contribution in [0.2, 0.25) is 0 Å². The Morgan fingerprint density at radius 2 is 1.19 bits per heavy atom. The van der Waals surface area contributed by atoms with E-state index in [9.17, 15) is 5.11 Å². The summed E-state index contributed by atoms with van der Waals surface area (Å²) in [5.74, 6) is 0.436. The van der Waals surface area contributed by atoms with Crippen molar-refractivity contribution in [2.45, 2.75) is 52.1 Å². The number of phenols is 1. The lowest BCUT2D eigenvalue weighted by atomic mass is 9.82. The van der Waals surface area contributed by atoms with E-state index in [1.807, 2.05) is 28.2 Å². The van der Waals surface area contributed by atoms with Crippen molar-refractivity contribution in [2.24, 2.45) is 0 Å². The van der Waals surface area contributed by atoms with Gasteiger partial charge in [0.15, 0.2) is 0 Å². The van der Waals surface area contributed by atoms with Crippen LogP contribution in [0.3, 0.4) is 0 Å². The van der Waals surface area contributed by atoms with Gasteiger partial charge in [0.25, 0.3) is 0 Å². The third-order valence-corrected chi connectivity index (χ3v) is 4.48. The molecule has 0 aliphatic rings. The smallest absolute Gasteiger partial charge is 0.125 e. The Kier molecular flexibility index (Phi) is 5.46. The summed E-state index contributed by atoms with van der Waals surface area (Å²) in [6.07, 6.45) is 0.